The van der Waals surface area contributed by atoms with Crippen molar-refractivity contribution < 1.29 is 14.5 Å². The SMILES string of the molecule is C[C@@H]1CCC[NH+]([C@@H](C)C(=O)N2c3ccccc3NC(=O)C2(C)C)C1. The Balaban J connectivity index is 1.93. The van der Waals surface area contributed by atoms with Crippen LogP contribution in [0.15, 0.2) is 24.3 Å². The maximum absolute atomic E-state index is 13.4. The molecular formula is C19H28N3O2+. The summed E-state index contributed by atoms with van der Waals surface area (Å²) in [5, 5.41) is 2.92. The van der Waals surface area contributed by atoms with E-state index in [-0.39, 0.29) is 17.9 Å². The Hall–Kier alpha value is -1.88. The molecule has 2 aliphatic rings. The van der Waals surface area contributed by atoms with E-state index in [1.54, 1.807) is 4.90 Å². The average molecular weight is 330 g/mol. The molecule has 1 fully saturated rings. The van der Waals surface area contributed by atoms with E-state index in [1.165, 1.54) is 11.3 Å². The zero-order valence-electron chi connectivity index (χ0n) is 15.1. The fraction of sp³-hybridized carbons (Fsp3) is 0.579. The van der Waals surface area contributed by atoms with Crippen LogP contribution in [0.2, 0.25) is 0 Å². The Labute approximate surface area is 144 Å². The lowest BCUT2D eigenvalue weighted by Crippen LogP contribution is -3.18. The minimum absolute atomic E-state index is 0.0337. The third kappa shape index (κ3) is 2.81. The second-order valence-electron chi connectivity index (χ2n) is 7.79. The highest BCUT2D eigenvalue weighted by Gasteiger charge is 2.46. The number of likely N-dealkylation sites (tertiary alicyclic amines) is 1. The molecule has 1 unspecified atom stereocenters. The van der Waals surface area contributed by atoms with Gasteiger partial charge in [0.25, 0.3) is 5.91 Å². The van der Waals surface area contributed by atoms with E-state index in [1.807, 2.05) is 45.0 Å². The second-order valence-corrected chi connectivity index (χ2v) is 7.79. The number of fused-ring (bicyclic) bond motifs is 1. The van der Waals surface area contributed by atoms with Gasteiger partial charge in [-0.15, -0.1) is 0 Å². The van der Waals surface area contributed by atoms with Crippen LogP contribution in [-0.2, 0) is 9.59 Å². The molecule has 130 valence electrons. The first-order chi connectivity index (χ1) is 11.3. The van der Waals surface area contributed by atoms with Gasteiger partial charge in [-0.05, 0) is 45.7 Å². The van der Waals surface area contributed by atoms with Crippen molar-refractivity contribution in [3.63, 3.8) is 0 Å². The Kier molecular flexibility index (Phi) is 4.38. The van der Waals surface area contributed by atoms with Crippen molar-refractivity contribution in [1.29, 1.82) is 0 Å². The predicted octanol–water partition coefficient (Wildman–Crippen LogP) is 1.45. The first-order valence-corrected chi connectivity index (χ1v) is 8.91. The highest BCUT2D eigenvalue weighted by molar-refractivity contribution is 6.14. The van der Waals surface area contributed by atoms with Crippen molar-refractivity contribution in [2.45, 2.75) is 52.1 Å². The van der Waals surface area contributed by atoms with Gasteiger partial charge in [0.05, 0.1) is 24.5 Å². The third-order valence-corrected chi connectivity index (χ3v) is 5.52. The molecule has 1 aromatic carbocycles. The Morgan fingerprint density at radius 1 is 1.38 bits per heavy atom. The summed E-state index contributed by atoms with van der Waals surface area (Å²) in [4.78, 5) is 28.9. The number of hydrogen-bond donors (Lipinski definition) is 2. The van der Waals surface area contributed by atoms with Crippen molar-refractivity contribution in [2.75, 3.05) is 23.3 Å². The Morgan fingerprint density at radius 2 is 2.08 bits per heavy atom. The summed E-state index contributed by atoms with van der Waals surface area (Å²) in [6, 6.07) is 7.40. The lowest BCUT2D eigenvalue weighted by Gasteiger charge is -2.44. The molecule has 2 aliphatic heterocycles. The van der Waals surface area contributed by atoms with Gasteiger partial charge in [0.2, 0.25) is 5.91 Å². The number of benzene rings is 1. The van der Waals surface area contributed by atoms with E-state index in [9.17, 15) is 9.59 Å². The van der Waals surface area contributed by atoms with Crippen molar-refractivity contribution >= 4 is 23.2 Å². The number of nitrogens with zero attached hydrogens (tertiary/aromatic N) is 1. The summed E-state index contributed by atoms with van der Waals surface area (Å²) >= 11 is 0. The molecule has 0 aliphatic carbocycles. The van der Waals surface area contributed by atoms with Crippen LogP contribution >= 0.6 is 0 Å². The number of nitrogens with one attached hydrogen (secondary N) is 2. The van der Waals surface area contributed by atoms with Crippen LogP contribution in [0.5, 0.6) is 0 Å². The fourth-order valence-electron chi connectivity index (χ4n) is 3.94. The van der Waals surface area contributed by atoms with E-state index in [4.69, 9.17) is 0 Å². The van der Waals surface area contributed by atoms with Crippen LogP contribution in [0, 0.1) is 5.92 Å². The average Bonchev–Trinajstić information content (AvgIpc) is 2.54. The number of piperidine rings is 1. The summed E-state index contributed by atoms with van der Waals surface area (Å²) in [5.41, 5.74) is 0.619. The van der Waals surface area contributed by atoms with Gasteiger partial charge in [-0.2, -0.15) is 0 Å². The molecule has 1 aromatic rings. The molecule has 2 N–H and O–H groups in total. The molecule has 3 atom stereocenters. The third-order valence-electron chi connectivity index (χ3n) is 5.52. The summed E-state index contributed by atoms with van der Waals surface area (Å²) in [7, 11) is 0. The second kappa shape index (κ2) is 6.20. The number of quaternary nitrogens is 1. The van der Waals surface area contributed by atoms with Crippen molar-refractivity contribution in [1.82, 2.24) is 0 Å². The highest BCUT2D eigenvalue weighted by atomic mass is 16.2. The summed E-state index contributed by atoms with van der Waals surface area (Å²) in [6.07, 6.45) is 2.40. The summed E-state index contributed by atoms with van der Waals surface area (Å²) < 4.78 is 0. The molecule has 0 aromatic heterocycles. The first-order valence-electron chi connectivity index (χ1n) is 8.91. The van der Waals surface area contributed by atoms with Crippen molar-refractivity contribution in [3.8, 4) is 0 Å². The van der Waals surface area contributed by atoms with Crippen molar-refractivity contribution in [3.05, 3.63) is 24.3 Å². The lowest BCUT2D eigenvalue weighted by atomic mass is 9.94. The van der Waals surface area contributed by atoms with Crippen LogP contribution < -0.4 is 15.1 Å². The normalized spacial score (nSPS) is 27.2. The maximum atomic E-state index is 13.4. The van der Waals surface area contributed by atoms with Crippen LogP contribution in [0.1, 0.15) is 40.5 Å². The molecule has 5 heteroatoms. The number of carbonyl (C=O) groups is 2. The number of para-hydroxylation sites is 2. The molecule has 0 spiro atoms. The van der Waals surface area contributed by atoms with Gasteiger partial charge in [0, 0.05) is 5.92 Å². The molecule has 0 saturated carbocycles. The summed E-state index contributed by atoms with van der Waals surface area (Å²) in [6.45, 7) is 9.94. The van der Waals surface area contributed by atoms with Crippen LogP contribution in [0.3, 0.4) is 0 Å². The molecule has 2 amide bonds. The minimum Gasteiger partial charge on any atom is -0.325 e. The molecule has 24 heavy (non-hydrogen) atoms. The molecule has 3 rings (SSSR count). The Bertz CT molecular complexity index is 656. The lowest BCUT2D eigenvalue weighted by molar-refractivity contribution is -0.922. The zero-order valence-corrected chi connectivity index (χ0v) is 15.1. The van der Waals surface area contributed by atoms with Gasteiger partial charge in [0.1, 0.15) is 5.54 Å². The molecule has 2 heterocycles. The molecule has 5 nitrogen and oxygen atoms in total. The number of anilines is 2. The van der Waals surface area contributed by atoms with Crippen molar-refractivity contribution in [2.24, 2.45) is 5.92 Å². The highest BCUT2D eigenvalue weighted by Crippen LogP contribution is 2.36. The zero-order chi connectivity index (χ0) is 17.5. The Morgan fingerprint density at radius 3 is 2.79 bits per heavy atom. The first kappa shape index (κ1) is 17.0. The number of hydrogen-bond acceptors (Lipinski definition) is 2. The number of rotatable bonds is 2. The van der Waals surface area contributed by atoms with Crippen LogP contribution in [0.25, 0.3) is 0 Å². The van der Waals surface area contributed by atoms with Gasteiger partial charge < -0.3 is 10.2 Å². The van der Waals surface area contributed by atoms with Crippen LogP contribution in [0.4, 0.5) is 11.4 Å². The summed E-state index contributed by atoms with van der Waals surface area (Å²) in [5.74, 6) is 0.545. The van der Waals surface area contributed by atoms with E-state index in [0.29, 0.717) is 11.6 Å². The van der Waals surface area contributed by atoms with Gasteiger partial charge in [0.15, 0.2) is 6.04 Å². The van der Waals surface area contributed by atoms with Gasteiger partial charge in [-0.3, -0.25) is 14.5 Å². The van der Waals surface area contributed by atoms with Gasteiger partial charge in [-0.1, -0.05) is 19.1 Å². The quantitative estimate of drug-likeness (QED) is 0.862. The molecule has 0 bridgehead atoms. The number of amides is 2. The van der Waals surface area contributed by atoms with E-state index in [0.717, 1.165) is 25.2 Å². The smallest absolute Gasteiger partial charge is 0.285 e. The molecule has 0 radical (unpaired) electrons. The van der Waals surface area contributed by atoms with Gasteiger partial charge in [-0.25, -0.2) is 0 Å². The topological polar surface area (TPSA) is 53.9 Å². The number of carbonyl (C=O) groups excluding carboxylic acids is 2. The fourth-order valence-corrected chi connectivity index (χ4v) is 3.94. The van der Waals surface area contributed by atoms with E-state index >= 15 is 0 Å². The molecule has 1 saturated heterocycles. The van der Waals surface area contributed by atoms with Crippen LogP contribution in [-0.4, -0.2) is 36.5 Å². The minimum atomic E-state index is -0.888. The largest absolute Gasteiger partial charge is 0.325 e. The van der Waals surface area contributed by atoms with E-state index < -0.39 is 5.54 Å². The predicted molar refractivity (Wildman–Crippen MR) is 95.2 cm³/mol. The van der Waals surface area contributed by atoms with Gasteiger partial charge >= 0.3 is 0 Å². The standard InChI is InChI=1S/C19H27N3O2/c1-13-8-7-11-21(12-13)14(2)17(23)22-16-10-6-5-9-15(16)20-18(24)19(22,3)4/h5-6,9-10,13-14H,7-8,11-12H2,1-4H3,(H,20,24)/p+1/t13-,14+/m1/s1. The maximum Gasteiger partial charge on any atom is 0.285 e. The van der Waals surface area contributed by atoms with E-state index in [2.05, 4.69) is 12.2 Å². The molecular weight excluding hydrogens is 302 g/mol. The monoisotopic (exact) mass is 330 g/mol.